The summed E-state index contributed by atoms with van der Waals surface area (Å²) >= 11 is 1.50. The van der Waals surface area contributed by atoms with E-state index in [1.807, 2.05) is 30.3 Å². The van der Waals surface area contributed by atoms with E-state index in [0.717, 1.165) is 28.8 Å². The zero-order chi connectivity index (χ0) is 22.3. The zero-order valence-corrected chi connectivity index (χ0v) is 18.6. The highest BCUT2D eigenvalue weighted by Gasteiger charge is 2.26. The van der Waals surface area contributed by atoms with Crippen molar-refractivity contribution in [3.63, 3.8) is 0 Å². The highest BCUT2D eigenvalue weighted by molar-refractivity contribution is 7.99. The van der Waals surface area contributed by atoms with E-state index in [4.69, 9.17) is 13.9 Å². The van der Waals surface area contributed by atoms with Gasteiger partial charge in [0.25, 0.3) is 5.22 Å². The second kappa shape index (κ2) is 10.2. The number of amides is 1. The van der Waals surface area contributed by atoms with Crippen molar-refractivity contribution in [3.05, 3.63) is 48.0 Å². The average molecular weight is 440 g/mol. The van der Waals surface area contributed by atoms with Gasteiger partial charge >= 0.3 is 0 Å². The molecule has 0 bridgehead atoms. The number of rotatable bonds is 10. The van der Waals surface area contributed by atoms with E-state index in [0.29, 0.717) is 23.1 Å². The van der Waals surface area contributed by atoms with Gasteiger partial charge in [0, 0.05) is 5.75 Å². The Balaban J connectivity index is 1.50. The predicted molar refractivity (Wildman–Crippen MR) is 119 cm³/mol. The summed E-state index contributed by atoms with van der Waals surface area (Å²) < 4.78 is 16.2. The van der Waals surface area contributed by atoms with E-state index in [-0.39, 0.29) is 12.3 Å². The maximum Gasteiger partial charge on any atom is 0.256 e. The van der Waals surface area contributed by atoms with E-state index in [1.54, 1.807) is 33.3 Å². The first-order chi connectivity index (χ1) is 15.0. The lowest BCUT2D eigenvalue weighted by Crippen LogP contribution is -2.45. The molecule has 8 heteroatoms. The molecule has 3 rings (SSSR count). The molecule has 1 aromatic heterocycles. The maximum absolute atomic E-state index is 12.5. The molecular weight excluding hydrogens is 414 g/mol. The highest BCUT2D eigenvalue weighted by Crippen LogP contribution is 2.28. The quantitative estimate of drug-likeness (QED) is 0.370. The molecule has 0 radical (unpaired) electrons. The molecule has 1 N–H and O–H groups in total. The molecule has 1 atom stereocenters. The monoisotopic (exact) mass is 439 g/mol. The van der Waals surface area contributed by atoms with Gasteiger partial charge in [-0.2, -0.15) is 5.26 Å². The van der Waals surface area contributed by atoms with Gasteiger partial charge in [0.05, 0.1) is 26.7 Å². The molecule has 0 saturated carbocycles. The molecule has 2 aromatic carbocycles. The molecule has 1 heterocycles. The number of thioether (sulfide) groups is 1. The molecular formula is C23H25N3O4S. The number of ether oxygens (including phenoxy) is 2. The largest absolute Gasteiger partial charge is 0.493 e. The molecule has 31 heavy (non-hydrogen) atoms. The van der Waals surface area contributed by atoms with Crippen molar-refractivity contribution in [2.45, 2.75) is 36.9 Å². The van der Waals surface area contributed by atoms with Crippen LogP contribution < -0.4 is 14.8 Å². The SMILES string of the molecule is COc1ccc(CC(=O)NC(C)(C#N)CCCSc2nc3ccccc3o2)cc1OC. The predicted octanol–water partition coefficient (Wildman–Crippen LogP) is 4.36. The van der Waals surface area contributed by atoms with Crippen LogP contribution >= 0.6 is 11.8 Å². The fourth-order valence-corrected chi connectivity index (χ4v) is 3.95. The molecule has 7 nitrogen and oxygen atoms in total. The molecule has 0 spiro atoms. The number of benzene rings is 2. The van der Waals surface area contributed by atoms with Crippen LogP contribution in [0, 0.1) is 11.3 Å². The molecule has 1 amide bonds. The van der Waals surface area contributed by atoms with Crippen molar-refractivity contribution < 1.29 is 18.7 Å². The second-order valence-corrected chi connectivity index (χ2v) is 8.30. The summed E-state index contributed by atoms with van der Waals surface area (Å²) in [5.74, 6) is 1.68. The standard InChI is InChI=1S/C23H25N3O4S/c1-23(15-24,11-6-12-31-22-25-17-7-4-5-8-18(17)30-22)26-21(27)14-16-9-10-19(28-2)20(13-16)29-3/h4-5,7-10,13H,6,11-12,14H2,1-3H3,(H,26,27). The number of hydrogen-bond acceptors (Lipinski definition) is 7. The Bertz CT molecular complexity index is 1060. The third-order valence-electron chi connectivity index (χ3n) is 4.80. The number of carbonyl (C=O) groups excluding carboxylic acids is 1. The van der Waals surface area contributed by atoms with Crippen LogP contribution in [0.3, 0.4) is 0 Å². The fourth-order valence-electron chi connectivity index (χ4n) is 3.17. The van der Waals surface area contributed by atoms with Gasteiger partial charge in [-0.3, -0.25) is 4.79 Å². The Kier molecular flexibility index (Phi) is 7.42. The summed E-state index contributed by atoms with van der Waals surface area (Å²) in [6.07, 6.45) is 1.40. The van der Waals surface area contributed by atoms with Crippen LogP contribution in [0.4, 0.5) is 0 Å². The highest BCUT2D eigenvalue weighted by atomic mass is 32.2. The van der Waals surface area contributed by atoms with Crippen LogP contribution in [-0.4, -0.2) is 36.4 Å². The van der Waals surface area contributed by atoms with E-state index in [9.17, 15) is 10.1 Å². The van der Waals surface area contributed by atoms with Gasteiger partial charge in [0.15, 0.2) is 17.1 Å². The van der Waals surface area contributed by atoms with Crippen molar-refractivity contribution >= 4 is 28.8 Å². The minimum atomic E-state index is -0.949. The number of para-hydroxylation sites is 2. The Morgan fingerprint density at radius 2 is 2.00 bits per heavy atom. The van der Waals surface area contributed by atoms with Gasteiger partial charge in [-0.05, 0) is 49.6 Å². The Labute approximate surface area is 185 Å². The first-order valence-electron chi connectivity index (χ1n) is 9.88. The Morgan fingerprint density at radius 3 is 2.71 bits per heavy atom. The number of methoxy groups -OCH3 is 2. The Hall–Kier alpha value is -3.18. The van der Waals surface area contributed by atoms with Crippen LogP contribution in [0.25, 0.3) is 11.1 Å². The lowest BCUT2D eigenvalue weighted by Gasteiger charge is -2.23. The normalized spacial score (nSPS) is 12.7. The van der Waals surface area contributed by atoms with Gasteiger partial charge in [-0.15, -0.1) is 0 Å². The third kappa shape index (κ3) is 5.92. The number of nitrogens with one attached hydrogen (secondary N) is 1. The molecule has 162 valence electrons. The lowest BCUT2D eigenvalue weighted by molar-refractivity contribution is -0.121. The number of oxazole rings is 1. The van der Waals surface area contributed by atoms with E-state index >= 15 is 0 Å². The fraction of sp³-hybridized carbons (Fsp3) is 0.348. The summed E-state index contributed by atoms with van der Waals surface area (Å²) in [5.41, 5.74) is 1.42. The van der Waals surface area contributed by atoms with Crippen LogP contribution in [0.2, 0.25) is 0 Å². The minimum Gasteiger partial charge on any atom is -0.493 e. The minimum absolute atomic E-state index is 0.148. The summed E-state index contributed by atoms with van der Waals surface area (Å²) in [7, 11) is 3.11. The second-order valence-electron chi connectivity index (χ2n) is 7.26. The topological polar surface area (TPSA) is 97.4 Å². The number of carbonyl (C=O) groups is 1. The van der Waals surface area contributed by atoms with Crippen LogP contribution in [-0.2, 0) is 11.2 Å². The molecule has 0 fully saturated rings. The van der Waals surface area contributed by atoms with Crippen molar-refractivity contribution in [1.29, 1.82) is 5.26 Å². The Morgan fingerprint density at radius 1 is 1.23 bits per heavy atom. The average Bonchev–Trinajstić information content (AvgIpc) is 3.19. The van der Waals surface area contributed by atoms with Gasteiger partial charge in [0.1, 0.15) is 11.1 Å². The van der Waals surface area contributed by atoms with Gasteiger partial charge in [-0.1, -0.05) is 30.0 Å². The maximum atomic E-state index is 12.5. The summed E-state index contributed by atoms with van der Waals surface area (Å²) in [4.78, 5) is 17.0. The third-order valence-corrected chi connectivity index (χ3v) is 5.71. The summed E-state index contributed by atoms with van der Waals surface area (Å²) in [6, 6.07) is 15.2. The zero-order valence-electron chi connectivity index (χ0n) is 17.8. The van der Waals surface area contributed by atoms with E-state index < -0.39 is 5.54 Å². The lowest BCUT2D eigenvalue weighted by atomic mass is 9.97. The van der Waals surface area contributed by atoms with Crippen molar-refractivity contribution in [3.8, 4) is 17.6 Å². The number of fused-ring (bicyclic) bond motifs is 1. The molecule has 3 aromatic rings. The van der Waals surface area contributed by atoms with Crippen molar-refractivity contribution in [2.24, 2.45) is 0 Å². The number of nitrogens with zero attached hydrogens (tertiary/aromatic N) is 2. The number of aromatic nitrogens is 1. The molecule has 1 unspecified atom stereocenters. The number of nitriles is 1. The molecule has 0 saturated heterocycles. The summed E-state index contributed by atoms with van der Waals surface area (Å²) in [6.45, 7) is 1.74. The smallest absolute Gasteiger partial charge is 0.256 e. The van der Waals surface area contributed by atoms with E-state index in [2.05, 4.69) is 16.4 Å². The van der Waals surface area contributed by atoms with Crippen LogP contribution in [0.15, 0.2) is 52.1 Å². The van der Waals surface area contributed by atoms with Gasteiger partial charge < -0.3 is 19.2 Å². The first-order valence-corrected chi connectivity index (χ1v) is 10.9. The molecule has 0 aliphatic rings. The molecule has 0 aliphatic carbocycles. The van der Waals surface area contributed by atoms with Crippen molar-refractivity contribution in [1.82, 2.24) is 10.3 Å². The van der Waals surface area contributed by atoms with Crippen LogP contribution in [0.1, 0.15) is 25.3 Å². The van der Waals surface area contributed by atoms with Gasteiger partial charge in [0.2, 0.25) is 5.91 Å². The van der Waals surface area contributed by atoms with Gasteiger partial charge in [-0.25, -0.2) is 4.98 Å². The summed E-state index contributed by atoms with van der Waals surface area (Å²) in [5, 5.41) is 13.1. The van der Waals surface area contributed by atoms with E-state index in [1.165, 1.54) is 11.8 Å². The number of hydrogen-bond donors (Lipinski definition) is 1. The first kappa shape index (κ1) is 22.5. The van der Waals surface area contributed by atoms with Crippen LogP contribution in [0.5, 0.6) is 11.5 Å². The molecule has 0 aliphatic heterocycles. The van der Waals surface area contributed by atoms with Crippen molar-refractivity contribution in [2.75, 3.05) is 20.0 Å².